The summed E-state index contributed by atoms with van der Waals surface area (Å²) >= 11 is 0. The summed E-state index contributed by atoms with van der Waals surface area (Å²) in [5.41, 5.74) is 6.93. The normalized spacial score (nSPS) is 23.6. The highest BCUT2D eigenvalue weighted by Gasteiger charge is 2.23. The number of benzene rings is 1. The number of hydrogen-bond acceptors (Lipinski definition) is 2. The maximum absolute atomic E-state index is 12.8. The average molecular weight is 364 g/mol. The molecule has 0 atom stereocenters. The van der Waals surface area contributed by atoms with Gasteiger partial charge in [0.05, 0.1) is 0 Å². The molecule has 2 heteroatoms. The minimum Gasteiger partial charge on any atom is -0.374 e. The van der Waals surface area contributed by atoms with Crippen molar-refractivity contribution in [2.24, 2.45) is 0 Å². The van der Waals surface area contributed by atoms with Crippen LogP contribution in [0.4, 0.5) is 0 Å². The molecule has 1 heterocycles. The quantitative estimate of drug-likeness (QED) is 0.622. The van der Waals surface area contributed by atoms with Crippen molar-refractivity contribution in [2.45, 2.75) is 77.0 Å². The summed E-state index contributed by atoms with van der Waals surface area (Å²) in [6, 6.07) is 8.87. The van der Waals surface area contributed by atoms with Crippen LogP contribution in [0.5, 0.6) is 0 Å². The van der Waals surface area contributed by atoms with Crippen molar-refractivity contribution < 1.29 is 4.79 Å². The van der Waals surface area contributed by atoms with Gasteiger partial charge < -0.3 is 4.90 Å². The fourth-order valence-corrected chi connectivity index (χ4v) is 4.91. The maximum Gasteiger partial charge on any atom is 0.158 e. The van der Waals surface area contributed by atoms with E-state index in [0.717, 1.165) is 37.7 Å². The summed E-state index contributed by atoms with van der Waals surface area (Å²) in [6.07, 6.45) is 16.0. The molecule has 0 unspecified atom stereocenters. The third kappa shape index (κ3) is 4.54. The minimum atomic E-state index is 0.404. The highest BCUT2D eigenvalue weighted by atomic mass is 16.1. The van der Waals surface area contributed by atoms with Crippen LogP contribution in [0.2, 0.25) is 0 Å². The van der Waals surface area contributed by atoms with Crippen molar-refractivity contribution in [3.05, 3.63) is 58.3 Å². The molecule has 0 radical (unpaired) electrons. The monoisotopic (exact) mass is 363 g/mol. The Labute approximate surface area is 164 Å². The highest BCUT2D eigenvalue weighted by molar-refractivity contribution is 5.95. The van der Waals surface area contributed by atoms with E-state index in [4.69, 9.17) is 0 Å². The number of hydrogen-bond donors (Lipinski definition) is 0. The molecule has 4 rings (SSSR count). The Morgan fingerprint density at radius 2 is 1.37 bits per heavy atom. The molecule has 0 amide bonds. The summed E-state index contributed by atoms with van der Waals surface area (Å²) < 4.78 is 0. The first kappa shape index (κ1) is 18.5. The molecule has 0 N–H and O–H groups in total. The van der Waals surface area contributed by atoms with Crippen molar-refractivity contribution in [2.75, 3.05) is 13.1 Å². The van der Waals surface area contributed by atoms with Gasteiger partial charge in [0.15, 0.2) is 5.78 Å². The fourth-order valence-electron chi connectivity index (χ4n) is 4.91. The summed E-state index contributed by atoms with van der Waals surface area (Å²) in [5.74, 6) is 0.404. The molecule has 3 aliphatic rings. The molecule has 2 nitrogen and oxygen atoms in total. The Balaban J connectivity index is 1.68. The number of Topliss-reactive ketones (excluding diaryl/α,β-unsaturated/α-hetero) is 1. The Bertz CT molecular complexity index is 736. The molecule has 27 heavy (non-hydrogen) atoms. The van der Waals surface area contributed by atoms with Crippen molar-refractivity contribution in [3.8, 4) is 0 Å². The Morgan fingerprint density at radius 1 is 0.741 bits per heavy atom. The third-order valence-corrected chi connectivity index (χ3v) is 6.52. The second kappa shape index (κ2) is 8.91. The van der Waals surface area contributed by atoms with E-state index in [2.05, 4.69) is 35.2 Å². The van der Waals surface area contributed by atoms with Gasteiger partial charge in [-0.1, -0.05) is 49.6 Å². The molecule has 2 aliphatic carbocycles. The van der Waals surface area contributed by atoms with Crippen LogP contribution in [0.1, 0.15) is 75.3 Å². The molecule has 1 saturated heterocycles. The number of allylic oxidation sites excluding steroid dienone is 4. The van der Waals surface area contributed by atoms with E-state index >= 15 is 0 Å². The zero-order valence-electron chi connectivity index (χ0n) is 16.6. The van der Waals surface area contributed by atoms with Crippen LogP contribution in [-0.4, -0.2) is 23.8 Å². The molecular weight excluding hydrogens is 330 g/mol. The lowest BCUT2D eigenvalue weighted by Gasteiger charge is -2.35. The van der Waals surface area contributed by atoms with Gasteiger partial charge >= 0.3 is 0 Å². The predicted octanol–water partition coefficient (Wildman–Crippen LogP) is 5.77. The van der Waals surface area contributed by atoms with E-state index in [9.17, 15) is 4.79 Å². The van der Waals surface area contributed by atoms with Crippen LogP contribution >= 0.6 is 0 Å². The minimum absolute atomic E-state index is 0.404. The highest BCUT2D eigenvalue weighted by Crippen LogP contribution is 2.32. The Hall–Kier alpha value is -1.83. The lowest BCUT2D eigenvalue weighted by atomic mass is 9.86. The first-order valence-electron chi connectivity index (χ1n) is 11.1. The molecule has 1 aliphatic heterocycles. The second-order valence-electron chi connectivity index (χ2n) is 8.50. The summed E-state index contributed by atoms with van der Waals surface area (Å²) in [6.45, 7) is 2.36. The molecule has 1 aromatic rings. The first-order valence-corrected chi connectivity index (χ1v) is 11.1. The van der Waals surface area contributed by atoms with Gasteiger partial charge in [0.2, 0.25) is 0 Å². The van der Waals surface area contributed by atoms with Gasteiger partial charge in [0.25, 0.3) is 0 Å². The van der Waals surface area contributed by atoms with Gasteiger partial charge in [-0.3, -0.25) is 4.79 Å². The molecule has 0 spiro atoms. The number of piperidine rings is 1. The number of ketones is 1. The second-order valence-corrected chi connectivity index (χ2v) is 8.50. The van der Waals surface area contributed by atoms with E-state index in [0.29, 0.717) is 5.78 Å². The van der Waals surface area contributed by atoms with Crippen molar-refractivity contribution in [3.63, 3.8) is 0 Å². The summed E-state index contributed by atoms with van der Waals surface area (Å²) in [4.78, 5) is 15.4. The number of fused-ring (bicyclic) bond motifs is 1. The molecule has 0 aromatic heterocycles. The van der Waals surface area contributed by atoms with Crippen LogP contribution in [0.15, 0.2) is 47.2 Å². The van der Waals surface area contributed by atoms with E-state index in [1.165, 1.54) is 80.4 Å². The first-order chi connectivity index (χ1) is 13.3. The lowest BCUT2D eigenvalue weighted by Crippen LogP contribution is -2.32. The van der Waals surface area contributed by atoms with Gasteiger partial charge in [0.1, 0.15) is 0 Å². The zero-order chi connectivity index (χ0) is 18.5. The van der Waals surface area contributed by atoms with Gasteiger partial charge in [-0.05, 0) is 67.2 Å². The average Bonchev–Trinajstić information content (AvgIpc) is 2.81. The number of rotatable bonds is 2. The van der Waals surface area contributed by atoms with Gasteiger partial charge in [-0.2, -0.15) is 0 Å². The van der Waals surface area contributed by atoms with Crippen molar-refractivity contribution >= 4 is 5.78 Å². The predicted molar refractivity (Wildman–Crippen MR) is 112 cm³/mol. The van der Waals surface area contributed by atoms with Gasteiger partial charge in [-0.15, -0.1) is 0 Å². The lowest BCUT2D eigenvalue weighted by molar-refractivity contribution is -0.115. The topological polar surface area (TPSA) is 20.3 Å². The van der Waals surface area contributed by atoms with E-state index in [1.807, 2.05) is 0 Å². The van der Waals surface area contributed by atoms with E-state index in [1.54, 1.807) is 0 Å². The molecule has 0 bridgehead atoms. The number of carbonyl (C=O) groups excluding carboxylic acids is 1. The largest absolute Gasteiger partial charge is 0.374 e. The van der Waals surface area contributed by atoms with Crippen LogP contribution in [-0.2, 0) is 17.6 Å². The molecular formula is C25H33NO. The van der Waals surface area contributed by atoms with E-state index in [-0.39, 0.29) is 0 Å². The van der Waals surface area contributed by atoms with E-state index < -0.39 is 0 Å². The Morgan fingerprint density at radius 3 is 2.15 bits per heavy atom. The SMILES string of the molecule is O=C1CCCCCCC/C1=C/C1=C(N2CCCCC2)Cc2ccccc2C1. The standard InChI is InChI=1S/C25H33NO/c27-25-14-6-3-1-2-5-13-22(25)18-23-17-20-11-7-8-12-21(20)19-24(23)26-15-9-4-10-16-26/h7-8,11-12,18H,1-6,9-10,13-17,19H2/b22-18-. The Kier molecular flexibility index (Phi) is 6.11. The molecule has 1 saturated carbocycles. The summed E-state index contributed by atoms with van der Waals surface area (Å²) in [5, 5.41) is 0. The summed E-state index contributed by atoms with van der Waals surface area (Å²) in [7, 11) is 0. The van der Waals surface area contributed by atoms with Gasteiger partial charge in [0, 0.05) is 31.6 Å². The molecule has 144 valence electrons. The molecule has 2 fully saturated rings. The van der Waals surface area contributed by atoms with Crippen LogP contribution in [0.25, 0.3) is 0 Å². The van der Waals surface area contributed by atoms with Crippen LogP contribution in [0.3, 0.4) is 0 Å². The number of likely N-dealkylation sites (tertiary alicyclic amines) is 1. The van der Waals surface area contributed by atoms with Crippen LogP contribution in [0, 0.1) is 0 Å². The van der Waals surface area contributed by atoms with Crippen molar-refractivity contribution in [1.82, 2.24) is 4.90 Å². The fraction of sp³-hybridized carbons (Fsp3) is 0.560. The zero-order valence-corrected chi connectivity index (χ0v) is 16.6. The smallest absolute Gasteiger partial charge is 0.158 e. The third-order valence-electron chi connectivity index (χ3n) is 6.52. The molecule has 1 aromatic carbocycles. The number of carbonyl (C=O) groups is 1. The maximum atomic E-state index is 12.8. The van der Waals surface area contributed by atoms with Crippen LogP contribution < -0.4 is 0 Å². The van der Waals surface area contributed by atoms with Gasteiger partial charge in [-0.25, -0.2) is 0 Å². The van der Waals surface area contributed by atoms with Crippen molar-refractivity contribution in [1.29, 1.82) is 0 Å². The number of nitrogens with zero attached hydrogens (tertiary/aromatic N) is 1.